The molecule has 6 heteroatoms. The van der Waals surface area contributed by atoms with Crippen molar-refractivity contribution < 1.29 is 13.2 Å². The molecule has 2 fully saturated rings. The van der Waals surface area contributed by atoms with Gasteiger partial charge in [-0.3, -0.25) is 4.79 Å². The number of hydrogen-bond donors (Lipinski definition) is 0. The summed E-state index contributed by atoms with van der Waals surface area (Å²) in [5, 5.41) is 0. The van der Waals surface area contributed by atoms with Crippen molar-refractivity contribution in [2.24, 2.45) is 0 Å². The Hall–Kier alpha value is -2.18. The summed E-state index contributed by atoms with van der Waals surface area (Å²) < 4.78 is 27.8. The molecule has 0 aromatic heterocycles. The zero-order valence-corrected chi connectivity index (χ0v) is 18.7. The maximum atomic E-state index is 13.1. The summed E-state index contributed by atoms with van der Waals surface area (Å²) in [4.78, 5) is 15.2. The van der Waals surface area contributed by atoms with Gasteiger partial charge in [-0.2, -0.15) is 4.31 Å². The molecule has 5 nitrogen and oxygen atoms in total. The summed E-state index contributed by atoms with van der Waals surface area (Å²) in [5.74, 6) is 0.514. The fraction of sp³-hybridized carbons (Fsp3) is 0.480. The Kier molecular flexibility index (Phi) is 5.39. The molecule has 0 bridgehead atoms. The van der Waals surface area contributed by atoms with Crippen LogP contribution in [0.25, 0.3) is 0 Å². The van der Waals surface area contributed by atoms with Gasteiger partial charge in [-0.15, -0.1) is 0 Å². The van der Waals surface area contributed by atoms with Crippen LogP contribution in [0.3, 0.4) is 0 Å². The van der Waals surface area contributed by atoms with E-state index in [1.807, 2.05) is 11.0 Å². The van der Waals surface area contributed by atoms with Gasteiger partial charge in [-0.05, 0) is 66.7 Å². The summed E-state index contributed by atoms with van der Waals surface area (Å²) >= 11 is 0. The van der Waals surface area contributed by atoms with Crippen LogP contribution in [0.4, 0.5) is 0 Å². The number of rotatable bonds is 4. The van der Waals surface area contributed by atoms with Crippen molar-refractivity contribution >= 4 is 15.9 Å². The molecule has 164 valence electrons. The molecule has 3 aliphatic rings. The molecule has 2 heterocycles. The van der Waals surface area contributed by atoms with Gasteiger partial charge in [0, 0.05) is 32.6 Å². The monoisotopic (exact) mass is 438 g/mol. The number of fused-ring (bicyclic) bond motifs is 2. The average molecular weight is 439 g/mol. The predicted octanol–water partition coefficient (Wildman–Crippen LogP) is 3.91. The van der Waals surface area contributed by atoms with Crippen molar-refractivity contribution in [2.45, 2.75) is 54.8 Å². The van der Waals surface area contributed by atoms with E-state index in [1.54, 1.807) is 28.6 Å². The van der Waals surface area contributed by atoms with Crippen LogP contribution in [0.1, 0.15) is 55.6 Å². The van der Waals surface area contributed by atoms with E-state index >= 15 is 0 Å². The highest BCUT2D eigenvalue weighted by Crippen LogP contribution is 2.53. The molecule has 0 N–H and O–H groups in total. The molecule has 0 radical (unpaired) electrons. The van der Waals surface area contributed by atoms with Gasteiger partial charge < -0.3 is 4.90 Å². The zero-order chi connectivity index (χ0) is 21.5. The summed E-state index contributed by atoms with van der Waals surface area (Å²) in [6.45, 7) is 2.84. The lowest BCUT2D eigenvalue weighted by Crippen LogP contribution is -2.44. The van der Waals surface area contributed by atoms with Crippen molar-refractivity contribution in [2.75, 3.05) is 26.2 Å². The van der Waals surface area contributed by atoms with E-state index in [-0.39, 0.29) is 17.2 Å². The molecule has 1 aliphatic carbocycles. The van der Waals surface area contributed by atoms with E-state index in [9.17, 15) is 13.2 Å². The van der Waals surface area contributed by atoms with Crippen LogP contribution in [-0.4, -0.2) is 49.7 Å². The molecule has 31 heavy (non-hydrogen) atoms. The van der Waals surface area contributed by atoms with Crippen molar-refractivity contribution in [3.63, 3.8) is 0 Å². The second-order valence-corrected chi connectivity index (χ2v) is 11.2. The van der Waals surface area contributed by atoms with Crippen LogP contribution in [0.5, 0.6) is 0 Å². The largest absolute Gasteiger partial charge is 0.343 e. The van der Waals surface area contributed by atoms with Crippen LogP contribution < -0.4 is 0 Å². The topological polar surface area (TPSA) is 57.7 Å². The standard InChI is InChI=1S/C25H30N2O3S/c28-24(26-14-6-7-15-26)18-20-19-25(23-11-5-4-10-22(20)23)12-16-27(17-13-25)31(29,30)21-8-2-1-3-9-21/h1-5,8-11,20H,6-7,12-19H2. The maximum Gasteiger partial charge on any atom is 0.243 e. The lowest BCUT2D eigenvalue weighted by molar-refractivity contribution is -0.130. The minimum atomic E-state index is -3.46. The number of carbonyl (C=O) groups excluding carboxylic acids is 1. The first-order chi connectivity index (χ1) is 15.0. The van der Waals surface area contributed by atoms with Gasteiger partial charge in [-0.1, -0.05) is 42.5 Å². The highest BCUT2D eigenvalue weighted by molar-refractivity contribution is 7.89. The Morgan fingerprint density at radius 2 is 1.55 bits per heavy atom. The average Bonchev–Trinajstić information content (AvgIpc) is 3.43. The van der Waals surface area contributed by atoms with Crippen molar-refractivity contribution in [3.8, 4) is 0 Å². The zero-order valence-electron chi connectivity index (χ0n) is 17.9. The number of benzene rings is 2. The highest BCUT2D eigenvalue weighted by Gasteiger charge is 2.47. The van der Waals surface area contributed by atoms with Crippen LogP contribution in [0.2, 0.25) is 0 Å². The van der Waals surface area contributed by atoms with Gasteiger partial charge in [0.2, 0.25) is 15.9 Å². The SMILES string of the molecule is O=C(CC1CC2(CCN(S(=O)(=O)c3ccccc3)CC2)c2ccccc21)N1CCCC1. The number of hydrogen-bond acceptors (Lipinski definition) is 3. The molecule has 2 aromatic carbocycles. The van der Waals surface area contributed by atoms with Gasteiger partial charge in [-0.25, -0.2) is 8.42 Å². The number of amides is 1. The normalized spacial score (nSPS) is 23.2. The predicted molar refractivity (Wildman–Crippen MR) is 120 cm³/mol. The second kappa shape index (κ2) is 8.06. The molecule has 2 aromatic rings. The first-order valence-electron chi connectivity index (χ1n) is 11.4. The Morgan fingerprint density at radius 3 is 2.26 bits per heavy atom. The van der Waals surface area contributed by atoms with Crippen LogP contribution in [0.15, 0.2) is 59.5 Å². The molecule has 2 aliphatic heterocycles. The van der Waals surface area contributed by atoms with E-state index in [2.05, 4.69) is 24.3 Å². The Balaban J connectivity index is 1.34. The third-order valence-electron chi connectivity index (χ3n) is 7.55. The number of likely N-dealkylation sites (tertiary alicyclic amines) is 1. The molecule has 1 spiro atoms. The van der Waals surface area contributed by atoms with Gasteiger partial charge in [0.05, 0.1) is 4.90 Å². The fourth-order valence-electron chi connectivity index (χ4n) is 5.89. The molecule has 1 unspecified atom stereocenters. The van der Waals surface area contributed by atoms with E-state index in [1.165, 1.54) is 11.1 Å². The molecule has 1 amide bonds. The Labute approximate surface area is 185 Å². The van der Waals surface area contributed by atoms with E-state index in [0.29, 0.717) is 24.4 Å². The molecular formula is C25H30N2O3S. The Morgan fingerprint density at radius 1 is 0.903 bits per heavy atom. The lowest BCUT2D eigenvalue weighted by Gasteiger charge is -2.39. The molecule has 1 atom stereocenters. The Bertz CT molecular complexity index is 1050. The molecule has 0 saturated carbocycles. The van der Waals surface area contributed by atoms with Crippen LogP contribution >= 0.6 is 0 Å². The van der Waals surface area contributed by atoms with Gasteiger partial charge >= 0.3 is 0 Å². The summed E-state index contributed by atoms with van der Waals surface area (Å²) in [7, 11) is -3.46. The van der Waals surface area contributed by atoms with Crippen LogP contribution in [-0.2, 0) is 20.2 Å². The number of sulfonamides is 1. The summed E-state index contributed by atoms with van der Waals surface area (Å²) in [6, 6.07) is 17.3. The van der Waals surface area contributed by atoms with Gasteiger partial charge in [0.25, 0.3) is 0 Å². The van der Waals surface area contributed by atoms with Crippen LogP contribution in [0, 0.1) is 0 Å². The first-order valence-corrected chi connectivity index (χ1v) is 12.9. The van der Waals surface area contributed by atoms with E-state index in [4.69, 9.17) is 0 Å². The first kappa shape index (κ1) is 20.7. The smallest absolute Gasteiger partial charge is 0.243 e. The number of piperidine rings is 1. The third-order valence-corrected chi connectivity index (χ3v) is 9.46. The lowest BCUT2D eigenvalue weighted by atomic mass is 9.73. The van der Waals surface area contributed by atoms with Crippen molar-refractivity contribution in [3.05, 3.63) is 65.7 Å². The summed E-state index contributed by atoms with van der Waals surface area (Å²) in [6.07, 6.45) is 5.37. The highest BCUT2D eigenvalue weighted by atomic mass is 32.2. The third kappa shape index (κ3) is 3.70. The maximum absolute atomic E-state index is 13.1. The quantitative estimate of drug-likeness (QED) is 0.727. The minimum Gasteiger partial charge on any atom is -0.343 e. The summed E-state index contributed by atoms with van der Waals surface area (Å²) in [5.41, 5.74) is 2.62. The second-order valence-electron chi connectivity index (χ2n) is 9.28. The molecule has 5 rings (SSSR count). The van der Waals surface area contributed by atoms with E-state index in [0.717, 1.165) is 45.2 Å². The van der Waals surface area contributed by atoms with Gasteiger partial charge in [0.1, 0.15) is 0 Å². The molecular weight excluding hydrogens is 408 g/mol. The number of carbonyl (C=O) groups is 1. The minimum absolute atomic E-state index is 0.0186. The molecule has 2 saturated heterocycles. The van der Waals surface area contributed by atoms with E-state index < -0.39 is 10.0 Å². The fourth-order valence-corrected chi connectivity index (χ4v) is 7.35. The van der Waals surface area contributed by atoms with Crippen molar-refractivity contribution in [1.82, 2.24) is 9.21 Å². The number of nitrogens with zero attached hydrogens (tertiary/aromatic N) is 2. The van der Waals surface area contributed by atoms with Crippen molar-refractivity contribution in [1.29, 1.82) is 0 Å². The van der Waals surface area contributed by atoms with Gasteiger partial charge in [0.15, 0.2) is 0 Å².